The molecule has 1 N–H and O–H groups in total. The number of aliphatic hydroxyl groups is 1. The van der Waals surface area contributed by atoms with Gasteiger partial charge in [-0.3, -0.25) is 9.88 Å². The molecule has 3 heterocycles. The first-order valence-electron chi connectivity index (χ1n) is 9.59. The van der Waals surface area contributed by atoms with E-state index in [1.54, 1.807) is 0 Å². The number of rotatable bonds is 3. The minimum absolute atomic E-state index is 0.449. The second-order valence-corrected chi connectivity index (χ2v) is 7.90. The van der Waals surface area contributed by atoms with E-state index in [-0.39, 0.29) is 0 Å². The van der Waals surface area contributed by atoms with Gasteiger partial charge in [-0.2, -0.15) is 0 Å². The number of hydrogen-bond acceptors (Lipinski definition) is 3. The fourth-order valence-electron chi connectivity index (χ4n) is 4.93. The van der Waals surface area contributed by atoms with Crippen LogP contribution in [0.1, 0.15) is 36.8 Å². The van der Waals surface area contributed by atoms with Gasteiger partial charge in [0.1, 0.15) is 0 Å². The van der Waals surface area contributed by atoms with Crippen LogP contribution in [-0.4, -0.2) is 27.1 Å². The predicted octanol–water partition coefficient (Wildman–Crippen LogP) is 4.25. The van der Waals surface area contributed by atoms with E-state index in [1.807, 2.05) is 24.4 Å². The van der Waals surface area contributed by atoms with E-state index in [0.29, 0.717) is 12.1 Å². The number of nitrogens with zero attached hydrogens (tertiary/aromatic N) is 2. The summed E-state index contributed by atoms with van der Waals surface area (Å²) in [5, 5.41) is 12.6. The average molecular weight is 344 g/mol. The van der Waals surface area contributed by atoms with Crippen molar-refractivity contribution in [3.63, 3.8) is 0 Å². The number of benzene rings is 2. The molecule has 2 atom stereocenters. The summed E-state index contributed by atoms with van der Waals surface area (Å²) in [5.41, 5.74) is 2.58. The molecule has 0 amide bonds. The molecule has 2 saturated heterocycles. The number of aromatic nitrogens is 1. The highest BCUT2D eigenvalue weighted by atomic mass is 16.3. The molecule has 2 aromatic carbocycles. The van der Waals surface area contributed by atoms with Crippen LogP contribution in [0.2, 0.25) is 0 Å². The highest BCUT2D eigenvalue weighted by Crippen LogP contribution is 2.46. The molecule has 3 heteroatoms. The second kappa shape index (κ2) is 6.19. The van der Waals surface area contributed by atoms with Gasteiger partial charge in [-0.05, 0) is 43.4 Å². The molecule has 0 aliphatic carbocycles. The lowest BCUT2D eigenvalue weighted by Gasteiger charge is -2.44. The molecule has 3 aromatic rings. The van der Waals surface area contributed by atoms with Gasteiger partial charge in [0.2, 0.25) is 0 Å². The smallest absolute Gasteiger partial charge is 0.0941 e. The van der Waals surface area contributed by atoms with Crippen molar-refractivity contribution in [2.45, 2.75) is 49.9 Å². The van der Waals surface area contributed by atoms with E-state index >= 15 is 0 Å². The molecule has 3 nitrogen and oxygen atoms in total. The van der Waals surface area contributed by atoms with Crippen molar-refractivity contribution in [1.82, 2.24) is 9.88 Å². The Morgan fingerprint density at radius 3 is 2.42 bits per heavy atom. The van der Waals surface area contributed by atoms with E-state index in [4.69, 9.17) is 0 Å². The fraction of sp³-hybridized carbons (Fsp3) is 0.348. The molecule has 2 unspecified atom stereocenters. The summed E-state index contributed by atoms with van der Waals surface area (Å²) in [5.74, 6) is 0. The zero-order chi connectivity index (χ0) is 17.6. The fourth-order valence-corrected chi connectivity index (χ4v) is 4.93. The van der Waals surface area contributed by atoms with Crippen LogP contribution in [0.5, 0.6) is 0 Å². The monoisotopic (exact) mass is 344 g/mol. The Morgan fingerprint density at radius 2 is 1.65 bits per heavy atom. The van der Waals surface area contributed by atoms with E-state index < -0.39 is 5.60 Å². The van der Waals surface area contributed by atoms with Crippen molar-refractivity contribution in [3.05, 3.63) is 78.0 Å². The average Bonchev–Trinajstić information content (AvgIpc) is 2.92. The lowest BCUT2D eigenvalue weighted by Crippen LogP contribution is -2.49. The minimum atomic E-state index is -0.754. The molecule has 5 rings (SSSR count). The Bertz CT molecular complexity index is 910. The maximum atomic E-state index is 11.5. The van der Waals surface area contributed by atoms with E-state index in [2.05, 4.69) is 52.3 Å². The van der Waals surface area contributed by atoms with Gasteiger partial charge in [-0.25, -0.2) is 0 Å². The summed E-state index contributed by atoms with van der Waals surface area (Å²) >= 11 is 0. The highest BCUT2D eigenvalue weighted by Gasteiger charge is 2.48. The number of hydrogen-bond donors (Lipinski definition) is 1. The molecule has 132 valence electrons. The van der Waals surface area contributed by atoms with Crippen LogP contribution in [0.4, 0.5) is 0 Å². The van der Waals surface area contributed by atoms with Gasteiger partial charge in [0.25, 0.3) is 0 Å². The lowest BCUT2D eigenvalue weighted by molar-refractivity contribution is -0.0596. The zero-order valence-corrected chi connectivity index (χ0v) is 14.9. The molecule has 0 radical (unpaired) electrons. The Morgan fingerprint density at radius 1 is 0.962 bits per heavy atom. The maximum absolute atomic E-state index is 11.5. The highest BCUT2D eigenvalue weighted by molar-refractivity contribution is 5.78. The Hall–Kier alpha value is -2.23. The Labute approximate surface area is 154 Å². The van der Waals surface area contributed by atoms with Crippen molar-refractivity contribution < 1.29 is 5.11 Å². The van der Waals surface area contributed by atoms with E-state index in [1.165, 1.54) is 18.4 Å². The SMILES string of the molecule is OC1(c2cnc3ccccc3c2)CC2CCC(C1)N2Cc1ccccc1. The van der Waals surface area contributed by atoms with E-state index in [0.717, 1.165) is 35.9 Å². The maximum Gasteiger partial charge on any atom is 0.0941 e. The third-order valence-electron chi connectivity index (χ3n) is 6.25. The van der Waals surface area contributed by atoms with Gasteiger partial charge in [0.15, 0.2) is 0 Å². The molecule has 2 fully saturated rings. The third kappa shape index (κ3) is 2.72. The summed E-state index contributed by atoms with van der Waals surface area (Å²) in [6, 6.07) is 21.9. The molecule has 0 saturated carbocycles. The van der Waals surface area contributed by atoms with Gasteiger partial charge < -0.3 is 5.11 Å². The van der Waals surface area contributed by atoms with Crippen LogP contribution >= 0.6 is 0 Å². The molecule has 26 heavy (non-hydrogen) atoms. The topological polar surface area (TPSA) is 36.4 Å². The number of para-hydroxylation sites is 1. The van der Waals surface area contributed by atoms with Gasteiger partial charge in [-0.1, -0.05) is 48.5 Å². The summed E-state index contributed by atoms with van der Waals surface area (Å²) in [6.07, 6.45) is 5.85. The first-order valence-corrected chi connectivity index (χ1v) is 9.59. The Balaban J connectivity index is 1.42. The summed E-state index contributed by atoms with van der Waals surface area (Å²) in [6.45, 7) is 0.988. The number of fused-ring (bicyclic) bond motifs is 3. The van der Waals surface area contributed by atoms with Gasteiger partial charge in [-0.15, -0.1) is 0 Å². The third-order valence-corrected chi connectivity index (χ3v) is 6.25. The van der Waals surface area contributed by atoms with Crippen molar-refractivity contribution >= 4 is 10.9 Å². The molecular formula is C23H24N2O. The molecular weight excluding hydrogens is 320 g/mol. The van der Waals surface area contributed by atoms with Crippen molar-refractivity contribution in [3.8, 4) is 0 Å². The van der Waals surface area contributed by atoms with Gasteiger partial charge in [0.05, 0.1) is 11.1 Å². The predicted molar refractivity (Wildman–Crippen MR) is 104 cm³/mol. The van der Waals surface area contributed by atoms with Crippen LogP contribution in [0.15, 0.2) is 66.9 Å². The molecule has 1 aromatic heterocycles. The molecule has 2 bridgehead atoms. The van der Waals surface area contributed by atoms with Gasteiger partial charge >= 0.3 is 0 Å². The lowest BCUT2D eigenvalue weighted by atomic mass is 9.80. The van der Waals surface area contributed by atoms with Crippen LogP contribution in [-0.2, 0) is 12.1 Å². The minimum Gasteiger partial charge on any atom is -0.385 e. The van der Waals surface area contributed by atoms with Crippen LogP contribution in [0, 0.1) is 0 Å². The molecule has 0 spiro atoms. The first kappa shape index (κ1) is 16.0. The number of piperidine rings is 1. The van der Waals surface area contributed by atoms with Crippen molar-refractivity contribution in [1.29, 1.82) is 0 Å². The standard InChI is InChI=1S/C23H24N2O/c26-23(19-12-18-8-4-5-9-22(18)24-15-19)13-20-10-11-21(14-23)25(20)16-17-6-2-1-3-7-17/h1-9,12,15,20-21,26H,10-11,13-14,16H2. The first-order chi connectivity index (χ1) is 12.7. The van der Waals surface area contributed by atoms with Crippen LogP contribution < -0.4 is 0 Å². The molecule has 2 aliphatic heterocycles. The zero-order valence-electron chi connectivity index (χ0n) is 14.9. The van der Waals surface area contributed by atoms with Crippen LogP contribution in [0.3, 0.4) is 0 Å². The Kier molecular flexibility index (Phi) is 3.80. The summed E-state index contributed by atoms with van der Waals surface area (Å²) in [7, 11) is 0. The summed E-state index contributed by atoms with van der Waals surface area (Å²) < 4.78 is 0. The summed E-state index contributed by atoms with van der Waals surface area (Å²) in [4.78, 5) is 7.19. The normalized spacial score (nSPS) is 28.5. The van der Waals surface area contributed by atoms with E-state index in [9.17, 15) is 5.11 Å². The van der Waals surface area contributed by atoms with Crippen molar-refractivity contribution in [2.75, 3.05) is 0 Å². The quantitative estimate of drug-likeness (QED) is 0.772. The van der Waals surface area contributed by atoms with Gasteiger partial charge in [0, 0.05) is 35.8 Å². The molecule has 2 aliphatic rings. The second-order valence-electron chi connectivity index (χ2n) is 7.90. The largest absolute Gasteiger partial charge is 0.385 e. The van der Waals surface area contributed by atoms with Crippen LogP contribution in [0.25, 0.3) is 10.9 Å². The van der Waals surface area contributed by atoms with Crippen molar-refractivity contribution in [2.24, 2.45) is 0 Å². The number of pyridine rings is 1.